The molecule has 0 bridgehead atoms. The average molecular weight is 320 g/mol. The Morgan fingerprint density at radius 2 is 1.45 bits per heavy atom. The molecule has 2 N–H and O–H groups in total. The summed E-state index contributed by atoms with van der Waals surface area (Å²) in [7, 11) is -3.76. The van der Waals surface area contributed by atoms with Crippen molar-refractivity contribution in [2.45, 2.75) is 25.7 Å². The van der Waals surface area contributed by atoms with Gasteiger partial charge in [-0.1, -0.05) is 50.2 Å². The first-order valence-corrected chi connectivity index (χ1v) is 8.42. The Hall–Kier alpha value is -2.18. The molecule has 0 saturated heterocycles. The Balaban J connectivity index is 0.00000116. The molecule has 2 aromatic carbocycles. The van der Waals surface area contributed by atoms with E-state index in [1.54, 1.807) is 49.4 Å². The highest BCUT2D eigenvalue weighted by Gasteiger charge is 2.15. The standard InChI is InChI=1S/C14H14N2O3S.C2H6/c1-11-7-5-6-10-13(11)14(17)15-16-20(18,19)12-8-3-2-4-9-12;1-2/h2-10,16H,1H3,(H,15,17);1-2H3. The molecule has 0 radical (unpaired) electrons. The summed E-state index contributed by atoms with van der Waals surface area (Å²) in [6.07, 6.45) is 0. The van der Waals surface area contributed by atoms with Crippen molar-refractivity contribution in [3.63, 3.8) is 0 Å². The predicted octanol–water partition coefficient (Wildman–Crippen LogP) is 2.64. The van der Waals surface area contributed by atoms with E-state index < -0.39 is 15.9 Å². The molecule has 0 aromatic heterocycles. The average Bonchev–Trinajstić information content (AvgIpc) is 2.56. The fraction of sp³-hybridized carbons (Fsp3) is 0.188. The van der Waals surface area contributed by atoms with Crippen LogP contribution in [0.25, 0.3) is 0 Å². The maximum atomic E-state index is 11.9. The molecule has 0 aliphatic rings. The lowest BCUT2D eigenvalue weighted by Crippen LogP contribution is -2.41. The zero-order chi connectivity index (χ0) is 16.6. The summed E-state index contributed by atoms with van der Waals surface area (Å²) < 4.78 is 23.9. The number of carbonyl (C=O) groups excluding carboxylic acids is 1. The number of aryl methyl sites for hydroxylation is 1. The van der Waals surface area contributed by atoms with Gasteiger partial charge >= 0.3 is 0 Å². The van der Waals surface area contributed by atoms with Crippen LogP contribution in [0.2, 0.25) is 0 Å². The maximum absolute atomic E-state index is 11.9. The third-order valence-electron chi connectivity index (χ3n) is 2.74. The number of amides is 1. The van der Waals surface area contributed by atoms with E-state index in [9.17, 15) is 13.2 Å². The lowest BCUT2D eigenvalue weighted by molar-refractivity contribution is 0.0944. The fourth-order valence-electron chi connectivity index (χ4n) is 1.67. The molecular weight excluding hydrogens is 300 g/mol. The number of hydrazine groups is 1. The molecule has 0 saturated carbocycles. The van der Waals surface area contributed by atoms with E-state index in [0.29, 0.717) is 5.56 Å². The highest BCUT2D eigenvalue weighted by molar-refractivity contribution is 7.89. The smallest absolute Gasteiger partial charge is 0.266 e. The minimum Gasteiger partial charge on any atom is -0.273 e. The first kappa shape index (κ1) is 17.9. The molecule has 1 amide bonds. The van der Waals surface area contributed by atoms with Crippen LogP contribution in [0.3, 0.4) is 0 Å². The lowest BCUT2D eigenvalue weighted by atomic mass is 10.1. The fourth-order valence-corrected chi connectivity index (χ4v) is 2.53. The third-order valence-corrected chi connectivity index (χ3v) is 4.01. The van der Waals surface area contributed by atoms with Gasteiger partial charge in [0.1, 0.15) is 0 Å². The molecule has 0 spiro atoms. The summed E-state index contributed by atoms with van der Waals surface area (Å²) in [5.41, 5.74) is 3.39. The maximum Gasteiger partial charge on any atom is 0.266 e. The molecule has 2 aromatic rings. The van der Waals surface area contributed by atoms with Gasteiger partial charge in [-0.05, 0) is 30.7 Å². The van der Waals surface area contributed by atoms with Crippen LogP contribution in [0.5, 0.6) is 0 Å². The van der Waals surface area contributed by atoms with Gasteiger partial charge in [0.25, 0.3) is 15.9 Å². The Kier molecular flexibility index (Phi) is 6.75. The highest BCUT2D eigenvalue weighted by Crippen LogP contribution is 2.08. The summed E-state index contributed by atoms with van der Waals surface area (Å²) in [5.74, 6) is -0.498. The monoisotopic (exact) mass is 320 g/mol. The summed E-state index contributed by atoms with van der Waals surface area (Å²) in [4.78, 5) is 14.1. The Morgan fingerprint density at radius 1 is 0.909 bits per heavy atom. The Bertz CT molecular complexity index is 713. The highest BCUT2D eigenvalue weighted by atomic mass is 32.2. The summed E-state index contributed by atoms with van der Waals surface area (Å²) in [5, 5.41) is 0. The molecule has 0 unspecified atom stereocenters. The molecule has 2 rings (SSSR count). The SMILES string of the molecule is CC.Cc1ccccc1C(=O)NNS(=O)(=O)c1ccccc1. The molecule has 0 aliphatic carbocycles. The molecule has 0 heterocycles. The van der Waals surface area contributed by atoms with Crippen molar-refractivity contribution in [2.24, 2.45) is 0 Å². The van der Waals surface area contributed by atoms with Gasteiger partial charge in [-0.3, -0.25) is 10.2 Å². The van der Waals surface area contributed by atoms with E-state index in [4.69, 9.17) is 0 Å². The van der Waals surface area contributed by atoms with Crippen LogP contribution >= 0.6 is 0 Å². The zero-order valence-corrected chi connectivity index (χ0v) is 13.6. The lowest BCUT2D eigenvalue weighted by Gasteiger charge is -2.09. The normalized spacial score (nSPS) is 10.3. The summed E-state index contributed by atoms with van der Waals surface area (Å²) in [6.45, 7) is 5.78. The van der Waals surface area contributed by atoms with Gasteiger partial charge in [0.15, 0.2) is 0 Å². The number of hydrogen-bond acceptors (Lipinski definition) is 3. The number of benzene rings is 2. The summed E-state index contributed by atoms with van der Waals surface area (Å²) in [6, 6.07) is 14.8. The van der Waals surface area contributed by atoms with Gasteiger partial charge in [-0.25, -0.2) is 8.42 Å². The second kappa shape index (κ2) is 8.31. The number of sulfonamides is 1. The number of nitrogens with one attached hydrogen (secondary N) is 2. The topological polar surface area (TPSA) is 75.3 Å². The number of carbonyl (C=O) groups is 1. The van der Waals surface area contributed by atoms with Crippen molar-refractivity contribution < 1.29 is 13.2 Å². The van der Waals surface area contributed by atoms with Crippen molar-refractivity contribution in [1.29, 1.82) is 0 Å². The van der Waals surface area contributed by atoms with Gasteiger partial charge in [-0.2, -0.15) is 0 Å². The third kappa shape index (κ3) is 4.68. The van der Waals surface area contributed by atoms with Crippen molar-refractivity contribution in [3.05, 3.63) is 65.7 Å². The van der Waals surface area contributed by atoms with Crippen LogP contribution in [0, 0.1) is 6.92 Å². The second-order valence-corrected chi connectivity index (χ2v) is 5.87. The van der Waals surface area contributed by atoms with Crippen LogP contribution in [-0.4, -0.2) is 14.3 Å². The first-order chi connectivity index (χ1) is 10.5. The molecule has 22 heavy (non-hydrogen) atoms. The van der Waals surface area contributed by atoms with Gasteiger partial charge < -0.3 is 0 Å². The van der Waals surface area contributed by atoms with Crippen LogP contribution in [0.4, 0.5) is 0 Å². The predicted molar refractivity (Wildman–Crippen MR) is 86.8 cm³/mol. The molecule has 0 fully saturated rings. The van der Waals surface area contributed by atoms with E-state index in [0.717, 1.165) is 5.56 Å². The van der Waals surface area contributed by atoms with Crippen molar-refractivity contribution in [2.75, 3.05) is 0 Å². The van der Waals surface area contributed by atoms with Crippen LogP contribution in [-0.2, 0) is 10.0 Å². The van der Waals surface area contributed by atoms with E-state index >= 15 is 0 Å². The number of hydrogen-bond donors (Lipinski definition) is 2. The van der Waals surface area contributed by atoms with E-state index in [1.165, 1.54) is 12.1 Å². The van der Waals surface area contributed by atoms with Gasteiger partial charge in [0.05, 0.1) is 4.90 Å². The largest absolute Gasteiger partial charge is 0.273 e. The zero-order valence-electron chi connectivity index (χ0n) is 12.8. The van der Waals surface area contributed by atoms with Gasteiger partial charge in [-0.15, -0.1) is 4.83 Å². The van der Waals surface area contributed by atoms with Crippen molar-refractivity contribution >= 4 is 15.9 Å². The minimum atomic E-state index is -3.76. The molecular formula is C16H20N2O3S. The molecule has 0 aliphatic heterocycles. The minimum absolute atomic E-state index is 0.0880. The first-order valence-electron chi connectivity index (χ1n) is 6.93. The number of rotatable bonds is 4. The van der Waals surface area contributed by atoms with Crippen LogP contribution in [0.15, 0.2) is 59.5 Å². The molecule has 6 heteroatoms. The Labute approximate surface area is 131 Å². The molecule has 118 valence electrons. The van der Waals surface area contributed by atoms with E-state index in [1.807, 2.05) is 13.8 Å². The van der Waals surface area contributed by atoms with Crippen molar-refractivity contribution in [3.8, 4) is 0 Å². The summed E-state index contributed by atoms with van der Waals surface area (Å²) >= 11 is 0. The van der Waals surface area contributed by atoms with Crippen LogP contribution in [0.1, 0.15) is 29.8 Å². The van der Waals surface area contributed by atoms with Crippen LogP contribution < -0.4 is 10.3 Å². The van der Waals surface area contributed by atoms with Crippen molar-refractivity contribution in [1.82, 2.24) is 10.3 Å². The second-order valence-electron chi connectivity index (χ2n) is 4.19. The van der Waals surface area contributed by atoms with E-state index in [2.05, 4.69) is 10.3 Å². The van der Waals surface area contributed by atoms with E-state index in [-0.39, 0.29) is 4.90 Å². The molecule has 0 atom stereocenters. The molecule has 5 nitrogen and oxygen atoms in total. The Morgan fingerprint density at radius 3 is 2.05 bits per heavy atom. The quantitative estimate of drug-likeness (QED) is 0.850. The van der Waals surface area contributed by atoms with Gasteiger partial charge in [0, 0.05) is 5.56 Å². The van der Waals surface area contributed by atoms with Gasteiger partial charge in [0.2, 0.25) is 0 Å².